The second-order valence-corrected chi connectivity index (χ2v) is 9.56. The Hall–Kier alpha value is -2.46. The summed E-state index contributed by atoms with van der Waals surface area (Å²) >= 11 is 0. The molecule has 0 atom stereocenters. The normalized spacial score (nSPS) is 23.3. The number of carboxylic acid groups (broad SMARTS) is 4. The Bertz CT molecular complexity index is 637. The molecule has 0 saturated carbocycles. The van der Waals surface area contributed by atoms with Crippen LogP contribution < -0.4 is 0 Å². The van der Waals surface area contributed by atoms with Gasteiger partial charge in [0.2, 0.25) is 0 Å². The Morgan fingerprint density at radius 2 is 0.909 bits per heavy atom. The third-order valence-corrected chi connectivity index (χ3v) is 8.66. The molecular weight excluding hydrogens is 336 g/mol. The summed E-state index contributed by atoms with van der Waals surface area (Å²) in [5, 5.41) is 32.8. The van der Waals surface area contributed by atoms with Crippen molar-refractivity contribution in [2.45, 2.75) is 0 Å². The molecule has 2 rings (SSSR count). The van der Waals surface area contributed by atoms with Crippen molar-refractivity contribution < 1.29 is 39.6 Å². The monoisotopic (exact) mass is 346 g/mol. The lowest BCUT2D eigenvalue weighted by atomic mass is 10.4. The van der Waals surface area contributed by atoms with Crippen molar-refractivity contribution >= 4 is 41.3 Å². The number of hydrogen-bond acceptors (Lipinski definition) is 4. The minimum atomic E-state index is -3.56. The van der Waals surface area contributed by atoms with Crippen LogP contribution >= 0.6 is 20.1 Å². The zero-order valence-corrected chi connectivity index (χ0v) is 12.3. The first-order valence-electron chi connectivity index (χ1n) is 5.57. The molecule has 0 aliphatic carbocycles. The largest absolute Gasteiger partial charge is 0.473 e. The molecule has 0 unspecified atom stereocenters. The molecule has 2 aliphatic rings. The van der Waals surface area contributed by atoms with Crippen molar-refractivity contribution in [3.8, 4) is 0 Å². The maximum atomic E-state index is 11.5. The predicted molar refractivity (Wildman–Crippen MR) is 81.7 cm³/mol. The van der Waals surface area contributed by atoms with Crippen molar-refractivity contribution in [3.63, 3.8) is 0 Å². The van der Waals surface area contributed by atoms with E-state index >= 15 is 0 Å². The highest BCUT2D eigenvalue weighted by atomic mass is 32.3. The van der Waals surface area contributed by atoms with E-state index in [0.29, 0.717) is 0 Å². The quantitative estimate of drug-likeness (QED) is 0.553. The molecule has 2 heterocycles. The minimum absolute atomic E-state index is 0.280. The summed E-state index contributed by atoms with van der Waals surface area (Å²) in [5.41, 5.74) is 0. The fourth-order valence-electron chi connectivity index (χ4n) is 2.09. The van der Waals surface area contributed by atoms with E-state index < -0.39 is 41.3 Å². The van der Waals surface area contributed by atoms with Crippen molar-refractivity contribution in [3.05, 3.63) is 44.9 Å². The van der Waals surface area contributed by atoms with Crippen LogP contribution in [0.15, 0.2) is 44.9 Å². The average Bonchev–Trinajstić information content (AvgIpc) is 3.03. The highest BCUT2D eigenvalue weighted by Crippen LogP contribution is 2.72. The highest BCUT2D eigenvalue weighted by molar-refractivity contribution is 8.63. The SMILES string of the molecule is O=C(O)S1(C(=O)O)C=CC=C1C1=CC=CS1(C(=O)O)C(=O)O. The Morgan fingerprint density at radius 3 is 1.14 bits per heavy atom. The molecule has 4 N–H and O–H groups in total. The van der Waals surface area contributed by atoms with Crippen LogP contribution in [0, 0.1) is 0 Å². The maximum absolute atomic E-state index is 11.5. The van der Waals surface area contributed by atoms with Gasteiger partial charge in [0, 0.05) is 29.9 Å². The van der Waals surface area contributed by atoms with Crippen molar-refractivity contribution in [1.82, 2.24) is 0 Å². The second kappa shape index (κ2) is 5.07. The highest BCUT2D eigenvalue weighted by Gasteiger charge is 2.53. The van der Waals surface area contributed by atoms with Gasteiger partial charge in [-0.25, -0.2) is 19.2 Å². The van der Waals surface area contributed by atoms with Crippen molar-refractivity contribution in [2.75, 3.05) is 0 Å². The van der Waals surface area contributed by atoms with Crippen LogP contribution in [0.2, 0.25) is 0 Å². The first-order chi connectivity index (χ1) is 10.2. The molecule has 0 amide bonds. The molecule has 2 aliphatic heterocycles. The molecule has 22 heavy (non-hydrogen) atoms. The molecule has 0 aromatic heterocycles. The molecule has 0 aromatic carbocycles. The number of hydrogen-bond donors (Lipinski definition) is 4. The first kappa shape index (κ1) is 15.9. The fraction of sp³-hybridized carbons (Fsp3) is 0. The molecule has 0 fully saturated rings. The molecule has 10 heteroatoms. The van der Waals surface area contributed by atoms with Crippen LogP contribution in [0.5, 0.6) is 0 Å². The summed E-state index contributed by atoms with van der Waals surface area (Å²) in [6, 6.07) is 0. The van der Waals surface area contributed by atoms with Crippen LogP contribution in [0.1, 0.15) is 0 Å². The smallest absolute Gasteiger partial charge is 0.364 e. The van der Waals surface area contributed by atoms with E-state index in [1.807, 2.05) is 0 Å². The number of rotatable bonds is 1. The third kappa shape index (κ3) is 1.81. The standard InChI is InChI=1S/C12H10O8S2/c13-9(14)21(10(15)16)5-1-3-7(21)8-4-2-6-22(8,11(17)18)12(19)20/h1-6H,(H,13,14)(H,15,16)(H,17,18)(H,19,20). The van der Waals surface area contributed by atoms with Crippen LogP contribution in [-0.2, 0) is 0 Å². The molecular formula is C12H10O8S2. The van der Waals surface area contributed by atoms with Gasteiger partial charge < -0.3 is 20.4 Å². The summed E-state index contributed by atoms with van der Waals surface area (Å²) in [4.78, 5) is 45.5. The summed E-state index contributed by atoms with van der Waals surface area (Å²) in [6.07, 6.45) is 4.70. The van der Waals surface area contributed by atoms with E-state index in [-0.39, 0.29) is 9.81 Å². The summed E-state index contributed by atoms with van der Waals surface area (Å²) in [7, 11) is -7.11. The average molecular weight is 346 g/mol. The molecule has 0 radical (unpaired) electrons. The number of carbonyl (C=O) groups is 4. The number of allylic oxidation sites excluding steroid dienone is 4. The Kier molecular flexibility index (Phi) is 3.67. The van der Waals surface area contributed by atoms with Gasteiger partial charge in [-0.1, -0.05) is 12.2 Å². The summed E-state index contributed by atoms with van der Waals surface area (Å²) < 4.78 is 0. The van der Waals surface area contributed by atoms with E-state index in [2.05, 4.69) is 0 Å². The van der Waals surface area contributed by atoms with Gasteiger partial charge >= 0.3 is 21.2 Å². The zero-order valence-electron chi connectivity index (χ0n) is 10.7. The Labute approximate surface area is 126 Å². The molecule has 0 spiro atoms. The lowest BCUT2D eigenvalue weighted by molar-refractivity contribution is 0.213. The van der Waals surface area contributed by atoms with E-state index in [9.17, 15) is 39.6 Å². The van der Waals surface area contributed by atoms with Crippen molar-refractivity contribution in [1.29, 1.82) is 0 Å². The fourth-order valence-corrected chi connectivity index (χ4v) is 6.67. The van der Waals surface area contributed by atoms with Crippen LogP contribution in [0.3, 0.4) is 0 Å². The molecule has 118 valence electrons. The molecule has 0 saturated heterocycles. The lowest BCUT2D eigenvalue weighted by Gasteiger charge is -2.34. The van der Waals surface area contributed by atoms with Crippen LogP contribution in [-0.4, -0.2) is 41.6 Å². The first-order valence-corrected chi connectivity index (χ1v) is 8.96. The van der Waals surface area contributed by atoms with Crippen LogP contribution in [0.25, 0.3) is 0 Å². The Morgan fingerprint density at radius 1 is 0.636 bits per heavy atom. The van der Waals surface area contributed by atoms with Crippen LogP contribution in [0.4, 0.5) is 19.2 Å². The van der Waals surface area contributed by atoms with Crippen molar-refractivity contribution in [2.24, 2.45) is 0 Å². The Balaban J connectivity index is 2.67. The van der Waals surface area contributed by atoms with Gasteiger partial charge in [-0.15, -0.1) is 0 Å². The van der Waals surface area contributed by atoms with E-state index in [1.165, 1.54) is 12.2 Å². The molecule has 0 aromatic rings. The molecule has 0 bridgehead atoms. The van der Waals surface area contributed by atoms with E-state index in [4.69, 9.17) is 0 Å². The van der Waals surface area contributed by atoms with Gasteiger partial charge in [-0.2, -0.15) is 0 Å². The van der Waals surface area contributed by atoms with Gasteiger partial charge in [-0.3, -0.25) is 0 Å². The maximum Gasteiger partial charge on any atom is 0.364 e. The topological polar surface area (TPSA) is 149 Å². The molecule has 8 nitrogen and oxygen atoms in total. The summed E-state index contributed by atoms with van der Waals surface area (Å²) in [6.45, 7) is 0. The third-order valence-electron chi connectivity index (χ3n) is 3.10. The van der Waals surface area contributed by atoms with Gasteiger partial charge in [-0.05, 0) is 23.0 Å². The van der Waals surface area contributed by atoms with Gasteiger partial charge in [0.1, 0.15) is 0 Å². The lowest BCUT2D eigenvalue weighted by Crippen LogP contribution is -2.23. The van der Waals surface area contributed by atoms with Gasteiger partial charge in [0.25, 0.3) is 0 Å². The predicted octanol–water partition coefficient (Wildman–Crippen LogP) is 4.13. The zero-order chi connectivity index (χ0) is 16.7. The van der Waals surface area contributed by atoms with Gasteiger partial charge in [0.15, 0.2) is 0 Å². The summed E-state index contributed by atoms with van der Waals surface area (Å²) in [5.74, 6) is 0. The van der Waals surface area contributed by atoms with E-state index in [0.717, 1.165) is 23.0 Å². The second-order valence-electron chi connectivity index (χ2n) is 4.10. The van der Waals surface area contributed by atoms with E-state index in [1.54, 1.807) is 0 Å². The minimum Gasteiger partial charge on any atom is -0.473 e. The van der Waals surface area contributed by atoms with Gasteiger partial charge in [0.05, 0.1) is 0 Å².